The maximum atomic E-state index is 12.9. The molecule has 2 aromatic rings. The van der Waals surface area contributed by atoms with Crippen molar-refractivity contribution in [2.45, 2.75) is 13.8 Å². The third-order valence-electron chi connectivity index (χ3n) is 3.69. The van der Waals surface area contributed by atoms with Gasteiger partial charge in [0.25, 0.3) is 11.8 Å². The van der Waals surface area contributed by atoms with Gasteiger partial charge in [-0.3, -0.25) is 19.8 Å². The minimum Gasteiger partial charge on any atom is -0.298 e. The van der Waals surface area contributed by atoms with Gasteiger partial charge in [0.15, 0.2) is 5.11 Å². The lowest BCUT2D eigenvalue weighted by atomic mass is 10.1. The van der Waals surface area contributed by atoms with Gasteiger partial charge < -0.3 is 0 Å². The van der Waals surface area contributed by atoms with Crippen LogP contribution in [-0.2, 0) is 9.59 Å². The van der Waals surface area contributed by atoms with E-state index < -0.39 is 11.8 Å². The number of thiocarbonyl (C=S) groups is 1. The van der Waals surface area contributed by atoms with Gasteiger partial charge in [0, 0.05) is 9.90 Å². The molecule has 1 aliphatic heterocycles. The molecule has 1 aromatic carbocycles. The Morgan fingerprint density at radius 3 is 2.58 bits per heavy atom. The van der Waals surface area contributed by atoms with E-state index in [4.69, 9.17) is 23.8 Å². The Kier molecular flexibility index (Phi) is 4.54. The van der Waals surface area contributed by atoms with Crippen LogP contribution in [0.2, 0.25) is 5.02 Å². The van der Waals surface area contributed by atoms with Gasteiger partial charge in [-0.1, -0.05) is 17.7 Å². The molecule has 4 nitrogen and oxygen atoms in total. The van der Waals surface area contributed by atoms with Gasteiger partial charge >= 0.3 is 0 Å². The maximum Gasteiger partial charge on any atom is 0.270 e. The summed E-state index contributed by atoms with van der Waals surface area (Å²) in [6.07, 6.45) is 1.60. The lowest BCUT2D eigenvalue weighted by Crippen LogP contribution is -2.54. The second-order valence-corrected chi connectivity index (χ2v) is 7.10. The van der Waals surface area contributed by atoms with Crippen LogP contribution >= 0.6 is 35.2 Å². The summed E-state index contributed by atoms with van der Waals surface area (Å²) in [7, 11) is 0. The number of benzene rings is 1. The summed E-state index contributed by atoms with van der Waals surface area (Å²) in [5, 5.41) is 5.05. The normalized spacial score (nSPS) is 16.7. The minimum absolute atomic E-state index is 0.0463. The van der Waals surface area contributed by atoms with Crippen molar-refractivity contribution in [2.75, 3.05) is 4.90 Å². The van der Waals surface area contributed by atoms with E-state index in [9.17, 15) is 9.59 Å². The molecule has 24 heavy (non-hydrogen) atoms. The lowest BCUT2D eigenvalue weighted by Gasteiger charge is -2.29. The average molecular weight is 377 g/mol. The minimum atomic E-state index is -0.493. The van der Waals surface area contributed by atoms with Crippen LogP contribution in [0.5, 0.6) is 0 Å². The highest BCUT2D eigenvalue weighted by molar-refractivity contribution is 7.80. The number of carbonyl (C=O) groups is 2. The highest BCUT2D eigenvalue weighted by Crippen LogP contribution is 2.27. The summed E-state index contributed by atoms with van der Waals surface area (Å²) in [4.78, 5) is 27.2. The first-order valence-electron chi connectivity index (χ1n) is 7.10. The van der Waals surface area contributed by atoms with Crippen LogP contribution in [-0.4, -0.2) is 16.9 Å². The highest BCUT2D eigenvalue weighted by atomic mass is 35.5. The second-order valence-electron chi connectivity index (χ2n) is 5.36. The van der Waals surface area contributed by atoms with E-state index in [-0.39, 0.29) is 10.7 Å². The SMILES string of the molecule is Cc1ccc(N2C(=O)/C(=C\c3sccc3C)C(=O)NC2=S)cc1Cl. The summed E-state index contributed by atoms with van der Waals surface area (Å²) < 4.78 is 0. The molecule has 0 atom stereocenters. The predicted octanol–water partition coefficient (Wildman–Crippen LogP) is 3.85. The zero-order valence-electron chi connectivity index (χ0n) is 12.9. The number of hydrogen-bond acceptors (Lipinski definition) is 4. The second kappa shape index (κ2) is 6.47. The fourth-order valence-corrected chi connectivity index (χ4v) is 3.59. The van der Waals surface area contributed by atoms with E-state index in [1.54, 1.807) is 24.3 Å². The third-order valence-corrected chi connectivity index (χ3v) is 5.35. The molecule has 0 spiro atoms. The summed E-state index contributed by atoms with van der Waals surface area (Å²) in [6.45, 7) is 3.80. The van der Waals surface area contributed by atoms with E-state index in [1.165, 1.54) is 16.2 Å². The summed E-state index contributed by atoms with van der Waals surface area (Å²) in [6, 6.07) is 7.14. The molecular formula is C17H13ClN2O2S2. The van der Waals surface area contributed by atoms with Crippen LogP contribution in [0, 0.1) is 13.8 Å². The summed E-state index contributed by atoms with van der Waals surface area (Å²) in [5.74, 6) is -0.955. The molecule has 0 saturated carbocycles. The zero-order valence-corrected chi connectivity index (χ0v) is 15.3. The monoisotopic (exact) mass is 376 g/mol. The molecule has 1 fully saturated rings. The number of aryl methyl sites for hydroxylation is 2. The molecule has 2 heterocycles. The van der Waals surface area contributed by atoms with Crippen molar-refractivity contribution in [3.05, 3.63) is 56.2 Å². The van der Waals surface area contributed by atoms with Crippen LogP contribution in [0.15, 0.2) is 35.2 Å². The van der Waals surface area contributed by atoms with Crippen molar-refractivity contribution in [3.63, 3.8) is 0 Å². The van der Waals surface area contributed by atoms with Gasteiger partial charge in [-0.15, -0.1) is 11.3 Å². The molecule has 122 valence electrons. The lowest BCUT2D eigenvalue weighted by molar-refractivity contribution is -0.122. The largest absolute Gasteiger partial charge is 0.298 e. The molecule has 1 N–H and O–H groups in total. The first kappa shape index (κ1) is 16.8. The Hall–Kier alpha value is -2.02. The van der Waals surface area contributed by atoms with Gasteiger partial charge in [0.1, 0.15) is 5.57 Å². The van der Waals surface area contributed by atoms with Crippen molar-refractivity contribution in [1.82, 2.24) is 5.32 Å². The van der Waals surface area contributed by atoms with Gasteiger partial charge in [0.2, 0.25) is 0 Å². The Morgan fingerprint density at radius 1 is 1.21 bits per heavy atom. The number of carbonyl (C=O) groups excluding carboxylic acids is 2. The predicted molar refractivity (Wildman–Crippen MR) is 101 cm³/mol. The average Bonchev–Trinajstić information content (AvgIpc) is 2.92. The number of nitrogens with one attached hydrogen (secondary N) is 1. The zero-order chi connectivity index (χ0) is 17.4. The number of halogens is 1. The number of anilines is 1. The van der Waals surface area contributed by atoms with Crippen LogP contribution in [0.3, 0.4) is 0 Å². The van der Waals surface area contributed by atoms with Gasteiger partial charge in [0.05, 0.1) is 5.69 Å². The Balaban J connectivity index is 2.04. The number of hydrogen-bond donors (Lipinski definition) is 1. The number of rotatable bonds is 2. The van der Waals surface area contributed by atoms with E-state index in [2.05, 4.69) is 5.32 Å². The fourth-order valence-electron chi connectivity index (χ4n) is 2.28. The van der Waals surface area contributed by atoms with Crippen molar-refractivity contribution in [1.29, 1.82) is 0 Å². The third kappa shape index (κ3) is 3.00. The molecule has 1 aliphatic rings. The number of thiophene rings is 1. The van der Waals surface area contributed by atoms with Crippen LogP contribution in [0.1, 0.15) is 16.0 Å². The van der Waals surface area contributed by atoms with Crippen LogP contribution in [0.4, 0.5) is 5.69 Å². The molecule has 1 saturated heterocycles. The van der Waals surface area contributed by atoms with E-state index in [0.29, 0.717) is 10.7 Å². The Bertz CT molecular complexity index is 902. The molecule has 0 unspecified atom stereocenters. The number of amides is 2. The molecule has 0 radical (unpaired) electrons. The molecule has 3 rings (SSSR count). The molecular weight excluding hydrogens is 364 g/mol. The van der Waals surface area contributed by atoms with Gasteiger partial charge in [-0.25, -0.2) is 0 Å². The van der Waals surface area contributed by atoms with E-state index in [1.807, 2.05) is 25.3 Å². The molecule has 0 aliphatic carbocycles. The fraction of sp³-hybridized carbons (Fsp3) is 0.118. The van der Waals surface area contributed by atoms with Crippen molar-refractivity contribution in [2.24, 2.45) is 0 Å². The van der Waals surface area contributed by atoms with Crippen molar-refractivity contribution in [3.8, 4) is 0 Å². The maximum absolute atomic E-state index is 12.9. The van der Waals surface area contributed by atoms with Crippen molar-refractivity contribution < 1.29 is 9.59 Å². The highest BCUT2D eigenvalue weighted by Gasteiger charge is 2.34. The molecule has 0 bridgehead atoms. The Labute approximate surface area is 153 Å². The van der Waals surface area contributed by atoms with Crippen LogP contribution < -0.4 is 10.2 Å². The van der Waals surface area contributed by atoms with Crippen molar-refractivity contribution >= 4 is 63.8 Å². The quantitative estimate of drug-likeness (QED) is 0.492. The summed E-state index contributed by atoms with van der Waals surface area (Å²) >= 11 is 12.8. The topological polar surface area (TPSA) is 49.4 Å². The van der Waals surface area contributed by atoms with E-state index >= 15 is 0 Å². The molecule has 1 aromatic heterocycles. The first-order valence-corrected chi connectivity index (χ1v) is 8.77. The van der Waals surface area contributed by atoms with Crippen LogP contribution in [0.25, 0.3) is 6.08 Å². The molecule has 2 amide bonds. The standard InChI is InChI=1S/C17H13ClN2O2S2/c1-9-3-4-11(7-13(9)18)20-16(22)12(15(21)19-17(20)23)8-14-10(2)5-6-24-14/h3-8H,1-2H3,(H,19,21,23)/b12-8-. The van der Waals surface area contributed by atoms with Gasteiger partial charge in [-0.05, 0) is 66.8 Å². The van der Waals surface area contributed by atoms with Gasteiger partial charge in [-0.2, -0.15) is 0 Å². The first-order chi connectivity index (χ1) is 11.4. The smallest absolute Gasteiger partial charge is 0.270 e. The Morgan fingerprint density at radius 2 is 1.96 bits per heavy atom. The number of nitrogens with zero attached hydrogens (tertiary/aromatic N) is 1. The van der Waals surface area contributed by atoms with E-state index in [0.717, 1.165) is 16.0 Å². The molecule has 7 heteroatoms. The summed E-state index contributed by atoms with van der Waals surface area (Å²) in [5.41, 5.74) is 2.47.